The third kappa shape index (κ3) is 2.23. The van der Waals surface area contributed by atoms with Gasteiger partial charge in [0.1, 0.15) is 0 Å². The summed E-state index contributed by atoms with van der Waals surface area (Å²) in [6.07, 6.45) is 3.21. The SMILES string of the molecule is CC(C)(CO)[C@H](N)c1ccncc1Cl. The molecule has 0 aliphatic carbocycles. The van der Waals surface area contributed by atoms with E-state index < -0.39 is 0 Å². The van der Waals surface area contributed by atoms with Gasteiger partial charge in [-0.15, -0.1) is 0 Å². The Hall–Kier alpha value is -0.640. The van der Waals surface area contributed by atoms with Crippen molar-refractivity contribution in [2.75, 3.05) is 6.61 Å². The van der Waals surface area contributed by atoms with E-state index in [9.17, 15) is 5.11 Å². The van der Waals surface area contributed by atoms with E-state index in [-0.39, 0.29) is 18.1 Å². The molecule has 14 heavy (non-hydrogen) atoms. The number of pyridine rings is 1. The highest BCUT2D eigenvalue weighted by atomic mass is 35.5. The molecule has 0 aliphatic rings. The van der Waals surface area contributed by atoms with Gasteiger partial charge in [0.25, 0.3) is 0 Å². The number of hydrogen-bond donors (Lipinski definition) is 2. The van der Waals surface area contributed by atoms with Crippen molar-refractivity contribution in [2.45, 2.75) is 19.9 Å². The lowest BCUT2D eigenvalue weighted by molar-refractivity contribution is 0.132. The first-order chi connectivity index (χ1) is 6.49. The van der Waals surface area contributed by atoms with E-state index in [0.29, 0.717) is 5.02 Å². The van der Waals surface area contributed by atoms with Crippen molar-refractivity contribution in [3.63, 3.8) is 0 Å². The summed E-state index contributed by atoms with van der Waals surface area (Å²) in [6, 6.07) is 1.49. The Labute approximate surface area is 88.9 Å². The van der Waals surface area contributed by atoms with Gasteiger partial charge in [0.15, 0.2) is 0 Å². The average molecular weight is 215 g/mol. The number of hydrogen-bond acceptors (Lipinski definition) is 3. The summed E-state index contributed by atoms with van der Waals surface area (Å²) >= 11 is 5.96. The highest BCUT2D eigenvalue weighted by Crippen LogP contribution is 2.33. The zero-order valence-electron chi connectivity index (χ0n) is 8.37. The van der Waals surface area contributed by atoms with E-state index in [1.54, 1.807) is 18.5 Å². The topological polar surface area (TPSA) is 59.1 Å². The molecule has 0 radical (unpaired) electrons. The first-order valence-electron chi connectivity index (χ1n) is 4.45. The number of nitrogens with two attached hydrogens (primary N) is 1. The van der Waals surface area contributed by atoms with E-state index in [1.165, 1.54) is 0 Å². The molecule has 0 unspecified atom stereocenters. The van der Waals surface area contributed by atoms with E-state index in [1.807, 2.05) is 13.8 Å². The minimum absolute atomic E-state index is 0.0207. The Balaban J connectivity index is 3.00. The van der Waals surface area contributed by atoms with Gasteiger partial charge in [-0.3, -0.25) is 4.98 Å². The van der Waals surface area contributed by atoms with E-state index in [2.05, 4.69) is 4.98 Å². The van der Waals surface area contributed by atoms with Crippen molar-refractivity contribution < 1.29 is 5.11 Å². The maximum Gasteiger partial charge on any atom is 0.0637 e. The third-order valence-corrected chi connectivity index (χ3v) is 2.70. The molecule has 1 heterocycles. The molecular formula is C10H15ClN2O. The molecule has 1 rings (SSSR count). The molecule has 1 atom stereocenters. The molecule has 0 spiro atoms. The molecule has 0 aliphatic heterocycles. The van der Waals surface area contributed by atoms with Gasteiger partial charge in [0, 0.05) is 30.5 Å². The van der Waals surface area contributed by atoms with Crippen LogP contribution >= 0.6 is 11.6 Å². The Bertz CT molecular complexity index is 315. The fourth-order valence-corrected chi connectivity index (χ4v) is 1.39. The van der Waals surface area contributed by atoms with Crippen LogP contribution in [0.1, 0.15) is 25.5 Å². The molecule has 0 aromatic carbocycles. The van der Waals surface area contributed by atoms with Crippen LogP contribution in [0.4, 0.5) is 0 Å². The summed E-state index contributed by atoms with van der Waals surface area (Å²) in [4.78, 5) is 3.89. The first kappa shape index (κ1) is 11.4. The van der Waals surface area contributed by atoms with Gasteiger partial charge in [0.05, 0.1) is 5.02 Å². The summed E-state index contributed by atoms with van der Waals surface area (Å²) in [5.74, 6) is 0. The first-order valence-corrected chi connectivity index (χ1v) is 4.82. The fraction of sp³-hybridized carbons (Fsp3) is 0.500. The Morgan fingerprint density at radius 2 is 2.29 bits per heavy atom. The van der Waals surface area contributed by atoms with Crippen LogP contribution in [-0.4, -0.2) is 16.7 Å². The van der Waals surface area contributed by atoms with Crippen molar-refractivity contribution in [1.29, 1.82) is 0 Å². The molecule has 1 aromatic rings. The molecule has 78 valence electrons. The number of aliphatic hydroxyl groups excluding tert-OH is 1. The quantitative estimate of drug-likeness (QED) is 0.806. The normalized spacial score (nSPS) is 14.1. The van der Waals surface area contributed by atoms with Gasteiger partial charge in [-0.1, -0.05) is 25.4 Å². The summed E-state index contributed by atoms with van der Waals surface area (Å²) in [6.45, 7) is 3.82. The van der Waals surface area contributed by atoms with Gasteiger partial charge in [-0.25, -0.2) is 0 Å². The second-order valence-corrected chi connectivity index (χ2v) is 4.43. The molecule has 4 heteroatoms. The molecule has 0 amide bonds. The van der Waals surface area contributed by atoms with Crippen molar-refractivity contribution in [2.24, 2.45) is 11.1 Å². The Morgan fingerprint density at radius 3 is 2.79 bits per heavy atom. The number of aliphatic hydroxyl groups is 1. The van der Waals surface area contributed by atoms with Crippen LogP contribution in [0.2, 0.25) is 5.02 Å². The second kappa shape index (κ2) is 4.26. The van der Waals surface area contributed by atoms with Gasteiger partial charge in [0.2, 0.25) is 0 Å². The number of aromatic nitrogens is 1. The van der Waals surface area contributed by atoms with Crippen LogP contribution in [0.5, 0.6) is 0 Å². The smallest absolute Gasteiger partial charge is 0.0637 e. The van der Waals surface area contributed by atoms with E-state index >= 15 is 0 Å². The van der Waals surface area contributed by atoms with Gasteiger partial charge in [-0.05, 0) is 11.6 Å². The predicted molar refractivity (Wildman–Crippen MR) is 57.0 cm³/mol. The van der Waals surface area contributed by atoms with Crippen LogP contribution in [-0.2, 0) is 0 Å². The minimum Gasteiger partial charge on any atom is -0.396 e. The zero-order valence-corrected chi connectivity index (χ0v) is 9.12. The van der Waals surface area contributed by atoms with Crippen molar-refractivity contribution in [1.82, 2.24) is 4.98 Å². The van der Waals surface area contributed by atoms with Gasteiger partial charge < -0.3 is 10.8 Å². The maximum atomic E-state index is 9.18. The highest BCUT2D eigenvalue weighted by molar-refractivity contribution is 6.31. The summed E-state index contributed by atoms with van der Waals surface area (Å²) < 4.78 is 0. The number of halogens is 1. The van der Waals surface area contributed by atoms with Crippen LogP contribution < -0.4 is 5.73 Å². The standard InChI is InChI=1S/C10H15ClN2O/c1-10(2,6-14)9(12)7-3-4-13-5-8(7)11/h3-5,9,14H,6,12H2,1-2H3/t9-/m1/s1. The highest BCUT2D eigenvalue weighted by Gasteiger charge is 2.28. The van der Waals surface area contributed by atoms with Crippen molar-refractivity contribution in [3.05, 3.63) is 29.0 Å². The van der Waals surface area contributed by atoms with Crippen molar-refractivity contribution in [3.8, 4) is 0 Å². The lowest BCUT2D eigenvalue weighted by Gasteiger charge is -2.30. The maximum absolute atomic E-state index is 9.18. The van der Waals surface area contributed by atoms with Gasteiger partial charge >= 0.3 is 0 Å². The Morgan fingerprint density at radius 1 is 1.64 bits per heavy atom. The van der Waals surface area contributed by atoms with E-state index in [0.717, 1.165) is 5.56 Å². The number of rotatable bonds is 3. The van der Waals surface area contributed by atoms with Crippen molar-refractivity contribution >= 4 is 11.6 Å². The molecule has 0 saturated carbocycles. The fourth-order valence-electron chi connectivity index (χ4n) is 1.16. The molecule has 0 bridgehead atoms. The van der Waals surface area contributed by atoms with Gasteiger partial charge in [-0.2, -0.15) is 0 Å². The second-order valence-electron chi connectivity index (χ2n) is 4.02. The van der Waals surface area contributed by atoms with Crippen LogP contribution in [0.25, 0.3) is 0 Å². The molecule has 0 fully saturated rings. The van der Waals surface area contributed by atoms with E-state index in [4.69, 9.17) is 17.3 Å². The third-order valence-electron chi connectivity index (χ3n) is 2.39. The summed E-state index contributed by atoms with van der Waals surface area (Å²) in [5.41, 5.74) is 6.45. The Kier molecular flexibility index (Phi) is 3.48. The van der Waals surface area contributed by atoms with Crippen LogP contribution in [0.15, 0.2) is 18.5 Å². The lowest BCUT2D eigenvalue weighted by Crippen LogP contribution is -2.32. The predicted octanol–water partition coefficient (Wildman–Crippen LogP) is 1.75. The summed E-state index contributed by atoms with van der Waals surface area (Å²) in [7, 11) is 0. The lowest BCUT2D eigenvalue weighted by atomic mass is 9.82. The molecule has 3 N–H and O–H groups in total. The number of nitrogens with zero attached hydrogens (tertiary/aromatic N) is 1. The minimum atomic E-state index is -0.384. The largest absolute Gasteiger partial charge is 0.396 e. The molecule has 3 nitrogen and oxygen atoms in total. The molecule has 1 aromatic heterocycles. The molecular weight excluding hydrogens is 200 g/mol. The molecule has 0 saturated heterocycles. The zero-order chi connectivity index (χ0) is 10.8. The van der Waals surface area contributed by atoms with Crippen LogP contribution in [0.3, 0.4) is 0 Å². The summed E-state index contributed by atoms with van der Waals surface area (Å²) in [5, 5.41) is 9.72. The monoisotopic (exact) mass is 214 g/mol. The van der Waals surface area contributed by atoms with Crippen LogP contribution in [0, 0.1) is 5.41 Å². The average Bonchev–Trinajstić information content (AvgIpc) is 2.17.